The second-order valence-electron chi connectivity index (χ2n) is 4.38. The molecule has 0 radical (unpaired) electrons. The molecule has 0 unspecified atom stereocenters. The fourth-order valence-electron chi connectivity index (χ4n) is 2.29. The van der Waals surface area contributed by atoms with Gasteiger partial charge in [0.25, 0.3) is 0 Å². The molecule has 21 heavy (non-hydrogen) atoms. The molecule has 110 valence electrons. The van der Waals surface area contributed by atoms with Gasteiger partial charge in [0.1, 0.15) is 0 Å². The van der Waals surface area contributed by atoms with Gasteiger partial charge in [-0.3, -0.25) is 0 Å². The molecular weight excluding hydrogens is 421 g/mol. The Balaban J connectivity index is 2.54. The van der Waals surface area contributed by atoms with E-state index < -0.39 is 38.3 Å². The Kier molecular flexibility index (Phi) is 3.33. The first kappa shape index (κ1) is 14.8. The van der Waals surface area contributed by atoms with Crippen molar-refractivity contribution in [2.45, 2.75) is 9.12 Å². The van der Waals surface area contributed by atoms with E-state index in [1.54, 1.807) is 18.2 Å². The number of hydrogen-bond donors (Lipinski definition) is 1. The van der Waals surface area contributed by atoms with E-state index in [1.165, 1.54) is 12.1 Å². The van der Waals surface area contributed by atoms with E-state index in [0.717, 1.165) is 12.1 Å². The Morgan fingerprint density at radius 3 is 2.19 bits per heavy atom. The molecule has 0 atom stereocenters. The molecular formula is C13H8F3O3STe+. The van der Waals surface area contributed by atoms with E-state index in [9.17, 15) is 21.6 Å². The third kappa shape index (κ3) is 2.46. The van der Waals surface area contributed by atoms with Crippen molar-refractivity contribution in [1.82, 2.24) is 0 Å². The van der Waals surface area contributed by atoms with Crippen molar-refractivity contribution in [2.24, 2.45) is 0 Å². The average Bonchev–Trinajstić information content (AvgIpc) is 2.70. The molecule has 8 heteroatoms. The Morgan fingerprint density at radius 1 is 0.952 bits per heavy atom. The molecule has 1 heterocycles. The number of benzene rings is 2. The second-order valence-corrected chi connectivity index (χ2v) is 11.4. The zero-order valence-electron chi connectivity index (χ0n) is 10.3. The van der Waals surface area contributed by atoms with Crippen molar-refractivity contribution in [2.75, 3.05) is 0 Å². The van der Waals surface area contributed by atoms with Gasteiger partial charge in [-0.05, 0) is 0 Å². The van der Waals surface area contributed by atoms with Crippen LogP contribution in [0.1, 0.15) is 0 Å². The quantitative estimate of drug-likeness (QED) is 0.477. The zero-order chi connectivity index (χ0) is 15.4. The van der Waals surface area contributed by atoms with Crippen molar-refractivity contribution in [3.8, 4) is 0 Å². The molecule has 3 rings (SSSR count). The number of rotatable bonds is 1. The van der Waals surface area contributed by atoms with Gasteiger partial charge in [0.2, 0.25) is 0 Å². The van der Waals surface area contributed by atoms with E-state index in [2.05, 4.69) is 0 Å². The summed E-state index contributed by atoms with van der Waals surface area (Å²) in [6.07, 6.45) is 0. The summed E-state index contributed by atoms with van der Waals surface area (Å²) < 4.78 is 67.5. The van der Waals surface area contributed by atoms with E-state index in [4.69, 9.17) is 4.55 Å². The normalized spacial score (nSPS) is 13.1. The number of fused-ring (bicyclic) bond motifs is 3. The molecule has 0 bridgehead atoms. The van der Waals surface area contributed by atoms with Gasteiger partial charge in [-0.15, -0.1) is 0 Å². The predicted molar refractivity (Wildman–Crippen MR) is 74.1 cm³/mol. The second kappa shape index (κ2) is 4.71. The van der Waals surface area contributed by atoms with Crippen LogP contribution < -0.4 is 0 Å². The van der Waals surface area contributed by atoms with Crippen molar-refractivity contribution in [3.63, 3.8) is 0 Å². The number of alkyl halides is 3. The van der Waals surface area contributed by atoms with Gasteiger partial charge in [0.15, 0.2) is 0 Å². The Hall–Kier alpha value is -1.07. The van der Waals surface area contributed by atoms with Crippen molar-refractivity contribution in [3.05, 3.63) is 42.5 Å². The monoisotopic (exact) mass is 431 g/mol. The fraction of sp³-hybridized carbons (Fsp3) is 0.0769. The van der Waals surface area contributed by atoms with Crippen molar-refractivity contribution < 1.29 is 26.1 Å². The molecule has 0 saturated heterocycles. The molecule has 1 N–H and O–H groups in total. The van der Waals surface area contributed by atoms with Gasteiger partial charge in [-0.2, -0.15) is 0 Å². The third-order valence-electron chi connectivity index (χ3n) is 3.10. The summed E-state index contributed by atoms with van der Waals surface area (Å²) in [6.45, 7) is 0. The minimum atomic E-state index is -4.52. The van der Waals surface area contributed by atoms with Crippen LogP contribution in [0.2, 0.25) is 0 Å². The Morgan fingerprint density at radius 2 is 1.57 bits per heavy atom. The van der Waals surface area contributed by atoms with Crippen LogP contribution in [-0.4, -0.2) is 32.0 Å². The van der Waals surface area contributed by atoms with Crippen molar-refractivity contribution >= 4 is 46.8 Å². The maximum atomic E-state index is 13.4. The van der Waals surface area contributed by atoms with Crippen LogP contribution >= 0.6 is 0 Å². The first-order valence-electron chi connectivity index (χ1n) is 5.71. The van der Waals surface area contributed by atoms with Crippen LogP contribution in [0.15, 0.2) is 47.4 Å². The summed E-state index contributed by atoms with van der Waals surface area (Å²) in [5.74, 6) is 0. The first-order chi connectivity index (χ1) is 9.69. The van der Waals surface area contributed by atoms with Crippen LogP contribution in [-0.2, 0) is 14.3 Å². The minimum absolute atomic E-state index is 0.0161. The van der Waals surface area contributed by atoms with Crippen LogP contribution in [0.5, 0.6) is 0 Å². The molecule has 0 spiro atoms. The molecule has 2 aromatic carbocycles. The van der Waals surface area contributed by atoms with Gasteiger partial charge in [-0.1, -0.05) is 0 Å². The Labute approximate surface area is 124 Å². The predicted octanol–water partition coefficient (Wildman–Crippen LogP) is 3.46. The summed E-state index contributed by atoms with van der Waals surface area (Å²) in [7, 11) is -4.52. The molecule has 3 aromatic rings. The van der Waals surface area contributed by atoms with Crippen LogP contribution in [0, 0.1) is 0 Å². The van der Waals surface area contributed by atoms with Gasteiger partial charge < -0.3 is 0 Å². The fourth-order valence-corrected chi connectivity index (χ4v) is 8.71. The summed E-state index contributed by atoms with van der Waals surface area (Å²) in [4.78, 5) is -0.496. The summed E-state index contributed by atoms with van der Waals surface area (Å²) in [5.41, 5.74) is 0. The van der Waals surface area contributed by atoms with Gasteiger partial charge in [0.05, 0.1) is 0 Å². The molecule has 0 aliphatic rings. The zero-order valence-corrected chi connectivity index (χ0v) is 13.4. The summed E-state index contributed by atoms with van der Waals surface area (Å²) in [5, 5.41) is 0.912. The first-order valence-corrected chi connectivity index (χ1v) is 10.7. The van der Waals surface area contributed by atoms with E-state index in [0.29, 0.717) is 10.8 Å². The molecule has 0 aliphatic heterocycles. The molecule has 0 amide bonds. The number of hydrogen-bond acceptors (Lipinski definition) is 2. The van der Waals surface area contributed by atoms with Crippen molar-refractivity contribution in [1.29, 1.82) is 0 Å². The van der Waals surface area contributed by atoms with E-state index >= 15 is 0 Å². The SMILES string of the molecule is O=S(=O)(O)c1ccc2c3ccccc3[te+](C(F)(F)F)c2c1. The Bertz CT molecular complexity index is 958. The van der Waals surface area contributed by atoms with Crippen LogP contribution in [0.3, 0.4) is 0 Å². The van der Waals surface area contributed by atoms with Gasteiger partial charge in [0, 0.05) is 0 Å². The van der Waals surface area contributed by atoms with Gasteiger partial charge >= 0.3 is 124 Å². The summed E-state index contributed by atoms with van der Waals surface area (Å²) >= 11 is -3.91. The third-order valence-corrected chi connectivity index (χ3v) is 9.76. The van der Waals surface area contributed by atoms with E-state index in [-0.39, 0.29) is 6.80 Å². The van der Waals surface area contributed by atoms with Crippen LogP contribution in [0.4, 0.5) is 13.2 Å². The molecule has 0 saturated carbocycles. The average molecular weight is 429 g/mol. The van der Waals surface area contributed by atoms with Crippen LogP contribution in [0.25, 0.3) is 17.6 Å². The number of halogens is 3. The molecule has 3 nitrogen and oxygen atoms in total. The molecule has 0 fully saturated rings. The molecule has 0 aliphatic carbocycles. The topological polar surface area (TPSA) is 54.4 Å². The van der Waals surface area contributed by atoms with Gasteiger partial charge in [-0.25, -0.2) is 0 Å². The standard InChI is InChI=1S/C13H7F3O3STe/c14-13(15,16)21-11-4-2-1-3-9(11)10-6-5-8(7-12(10)21)20(17,18)19/h1-7H/p+1. The summed E-state index contributed by atoms with van der Waals surface area (Å²) in [6, 6.07) is 9.69. The van der Waals surface area contributed by atoms with E-state index in [1.807, 2.05) is 0 Å². The maximum absolute atomic E-state index is 13.4. The molecule has 1 aromatic heterocycles.